The molecule has 2 aromatic rings. The number of carbonyl (C=O) groups is 2. The normalized spacial score (nSPS) is 10.2. The van der Waals surface area contributed by atoms with Crippen molar-refractivity contribution in [2.75, 3.05) is 11.9 Å². The van der Waals surface area contributed by atoms with E-state index in [1.54, 1.807) is 12.1 Å². The number of hydrogen-bond acceptors (Lipinski definition) is 3. The third kappa shape index (κ3) is 4.34. The molecule has 0 aliphatic heterocycles. The smallest absolute Gasteiger partial charge is 0.335 e. The zero-order chi connectivity index (χ0) is 15.9. The molecule has 114 valence electrons. The van der Waals surface area contributed by atoms with Crippen molar-refractivity contribution in [3.8, 4) is 0 Å². The second-order valence-corrected chi connectivity index (χ2v) is 4.91. The Labute approximate surface area is 128 Å². The van der Waals surface area contributed by atoms with E-state index >= 15 is 0 Å². The number of carboxylic acid groups (broad SMARTS) is 2. The number of nitrogens with one attached hydrogen (secondary N) is 1. The minimum atomic E-state index is -0.995. The van der Waals surface area contributed by atoms with Gasteiger partial charge >= 0.3 is 11.9 Å². The maximum absolute atomic E-state index is 11.1. The average molecular weight is 299 g/mol. The highest BCUT2D eigenvalue weighted by Gasteiger charge is 2.09. The first-order valence-electron chi connectivity index (χ1n) is 6.92. The van der Waals surface area contributed by atoms with Gasteiger partial charge in [-0.05, 0) is 42.2 Å². The zero-order valence-corrected chi connectivity index (χ0v) is 12.0. The molecule has 5 nitrogen and oxygen atoms in total. The number of carboxylic acids is 2. The average Bonchev–Trinajstić information content (AvgIpc) is 2.52. The van der Waals surface area contributed by atoms with Gasteiger partial charge in [0.05, 0.1) is 5.56 Å². The molecule has 3 N–H and O–H groups in total. The lowest BCUT2D eigenvalue weighted by atomic mass is 10.0. The van der Waals surface area contributed by atoms with Crippen LogP contribution in [-0.4, -0.2) is 28.7 Å². The summed E-state index contributed by atoms with van der Waals surface area (Å²) in [5.74, 6) is -1.96. The van der Waals surface area contributed by atoms with E-state index in [0.717, 1.165) is 17.5 Å². The molecule has 5 heteroatoms. The molecule has 0 saturated heterocycles. The van der Waals surface area contributed by atoms with Crippen LogP contribution >= 0.6 is 0 Å². The van der Waals surface area contributed by atoms with Crippen LogP contribution in [0.3, 0.4) is 0 Å². The van der Waals surface area contributed by atoms with E-state index in [1.807, 2.05) is 30.3 Å². The van der Waals surface area contributed by atoms with E-state index in [2.05, 4.69) is 5.32 Å². The summed E-state index contributed by atoms with van der Waals surface area (Å²) in [5, 5.41) is 20.7. The number of benzene rings is 2. The van der Waals surface area contributed by atoms with Crippen LogP contribution in [0.25, 0.3) is 0 Å². The molecular weight excluding hydrogens is 282 g/mol. The van der Waals surface area contributed by atoms with Crippen molar-refractivity contribution >= 4 is 17.6 Å². The highest BCUT2D eigenvalue weighted by molar-refractivity contribution is 5.88. The van der Waals surface area contributed by atoms with Gasteiger partial charge in [0, 0.05) is 5.69 Å². The molecule has 0 unspecified atom stereocenters. The van der Waals surface area contributed by atoms with Crippen molar-refractivity contribution in [2.24, 2.45) is 0 Å². The zero-order valence-electron chi connectivity index (χ0n) is 12.0. The molecule has 0 heterocycles. The molecule has 0 aromatic heterocycles. The Morgan fingerprint density at radius 3 is 2.32 bits per heavy atom. The third-order valence-corrected chi connectivity index (χ3v) is 3.31. The fraction of sp³-hybridized carbons (Fsp3) is 0.176. The van der Waals surface area contributed by atoms with Gasteiger partial charge in [-0.1, -0.05) is 30.3 Å². The molecule has 2 rings (SSSR count). The van der Waals surface area contributed by atoms with Gasteiger partial charge in [0.1, 0.15) is 6.54 Å². The molecule has 0 fully saturated rings. The maximum Gasteiger partial charge on any atom is 0.335 e. The molecule has 0 spiro atoms. The summed E-state index contributed by atoms with van der Waals surface area (Å²) >= 11 is 0. The second-order valence-electron chi connectivity index (χ2n) is 4.91. The summed E-state index contributed by atoms with van der Waals surface area (Å²) in [5.41, 5.74) is 2.80. The number of hydrogen-bond donors (Lipinski definition) is 3. The van der Waals surface area contributed by atoms with Crippen LogP contribution in [0.5, 0.6) is 0 Å². The quantitative estimate of drug-likeness (QED) is 0.731. The molecule has 0 atom stereocenters. The van der Waals surface area contributed by atoms with Gasteiger partial charge in [0.25, 0.3) is 0 Å². The van der Waals surface area contributed by atoms with Gasteiger partial charge in [-0.25, -0.2) is 4.79 Å². The topological polar surface area (TPSA) is 86.6 Å². The van der Waals surface area contributed by atoms with Crippen LogP contribution in [0.2, 0.25) is 0 Å². The Morgan fingerprint density at radius 1 is 0.955 bits per heavy atom. The lowest BCUT2D eigenvalue weighted by molar-refractivity contribution is -0.134. The van der Waals surface area contributed by atoms with Crippen LogP contribution < -0.4 is 5.32 Å². The lowest BCUT2D eigenvalue weighted by Gasteiger charge is -2.12. The highest BCUT2D eigenvalue weighted by Crippen LogP contribution is 2.20. The molecule has 0 aliphatic carbocycles. The first kappa shape index (κ1) is 15.6. The molecule has 2 aromatic carbocycles. The number of aryl methyl sites for hydroxylation is 2. The summed E-state index contributed by atoms with van der Waals surface area (Å²) in [6.45, 7) is -0.204. The van der Waals surface area contributed by atoms with Crippen LogP contribution in [0.15, 0.2) is 48.5 Å². The van der Waals surface area contributed by atoms with Crippen LogP contribution in [0, 0.1) is 0 Å². The largest absolute Gasteiger partial charge is 0.480 e. The van der Waals surface area contributed by atoms with E-state index in [4.69, 9.17) is 10.2 Å². The first-order valence-corrected chi connectivity index (χ1v) is 6.92. The molecular formula is C17H17NO4. The van der Waals surface area contributed by atoms with Crippen molar-refractivity contribution in [1.29, 1.82) is 0 Å². The van der Waals surface area contributed by atoms with E-state index in [9.17, 15) is 9.59 Å². The fourth-order valence-corrected chi connectivity index (χ4v) is 2.20. The number of anilines is 1. The minimum Gasteiger partial charge on any atom is -0.480 e. The molecule has 0 saturated carbocycles. The number of aromatic carboxylic acids is 1. The van der Waals surface area contributed by atoms with Gasteiger partial charge in [-0.3, -0.25) is 4.79 Å². The van der Waals surface area contributed by atoms with Crippen molar-refractivity contribution < 1.29 is 19.8 Å². The van der Waals surface area contributed by atoms with Crippen LogP contribution in [0.4, 0.5) is 5.69 Å². The lowest BCUT2D eigenvalue weighted by Crippen LogP contribution is -2.14. The first-order chi connectivity index (χ1) is 10.6. The SMILES string of the molecule is O=C(O)CNc1ccc(C(=O)O)cc1CCc1ccccc1. The van der Waals surface area contributed by atoms with Gasteiger partial charge < -0.3 is 15.5 Å². The van der Waals surface area contributed by atoms with E-state index in [1.165, 1.54) is 6.07 Å². The summed E-state index contributed by atoms with van der Waals surface area (Å²) in [6.07, 6.45) is 1.39. The number of rotatable bonds is 7. The van der Waals surface area contributed by atoms with E-state index < -0.39 is 11.9 Å². The van der Waals surface area contributed by atoms with Crippen molar-refractivity contribution in [2.45, 2.75) is 12.8 Å². The fourth-order valence-electron chi connectivity index (χ4n) is 2.20. The van der Waals surface area contributed by atoms with Gasteiger partial charge in [0.2, 0.25) is 0 Å². The third-order valence-electron chi connectivity index (χ3n) is 3.31. The number of aliphatic carboxylic acids is 1. The van der Waals surface area contributed by atoms with Crippen molar-refractivity contribution in [3.63, 3.8) is 0 Å². The standard InChI is InChI=1S/C17H17NO4/c19-16(20)11-18-15-9-8-14(17(21)22)10-13(15)7-6-12-4-2-1-3-5-12/h1-5,8-10,18H,6-7,11H2,(H,19,20)(H,21,22). The summed E-state index contributed by atoms with van der Waals surface area (Å²) < 4.78 is 0. The summed E-state index contributed by atoms with van der Waals surface area (Å²) in [7, 11) is 0. The van der Waals surface area contributed by atoms with Crippen molar-refractivity contribution in [1.82, 2.24) is 0 Å². The molecule has 0 amide bonds. The molecule has 0 aliphatic rings. The van der Waals surface area contributed by atoms with E-state index in [0.29, 0.717) is 12.1 Å². The van der Waals surface area contributed by atoms with Gasteiger partial charge in [-0.2, -0.15) is 0 Å². The summed E-state index contributed by atoms with van der Waals surface area (Å²) in [6, 6.07) is 14.5. The molecule has 0 bridgehead atoms. The predicted octanol–water partition coefficient (Wildman–Crippen LogP) is 2.67. The Balaban J connectivity index is 2.18. The van der Waals surface area contributed by atoms with Crippen LogP contribution in [-0.2, 0) is 17.6 Å². The monoisotopic (exact) mass is 299 g/mol. The Kier molecular flexibility index (Phi) is 5.14. The summed E-state index contributed by atoms with van der Waals surface area (Å²) in [4.78, 5) is 21.8. The van der Waals surface area contributed by atoms with Gasteiger partial charge in [-0.15, -0.1) is 0 Å². The Hall–Kier alpha value is -2.82. The van der Waals surface area contributed by atoms with Crippen molar-refractivity contribution in [3.05, 3.63) is 65.2 Å². The van der Waals surface area contributed by atoms with E-state index in [-0.39, 0.29) is 12.1 Å². The highest BCUT2D eigenvalue weighted by atomic mass is 16.4. The van der Waals surface area contributed by atoms with Gasteiger partial charge in [0.15, 0.2) is 0 Å². The molecule has 0 radical (unpaired) electrons. The Bertz CT molecular complexity index is 668. The Morgan fingerprint density at radius 2 is 1.68 bits per heavy atom. The minimum absolute atomic E-state index is 0.198. The van der Waals surface area contributed by atoms with Crippen LogP contribution in [0.1, 0.15) is 21.5 Å². The second kappa shape index (κ2) is 7.26. The maximum atomic E-state index is 11.1. The predicted molar refractivity (Wildman–Crippen MR) is 83.4 cm³/mol. The molecule has 22 heavy (non-hydrogen) atoms.